The minimum atomic E-state index is -4.48. The van der Waals surface area contributed by atoms with E-state index in [-0.39, 0.29) is 17.7 Å². The summed E-state index contributed by atoms with van der Waals surface area (Å²) in [6.07, 6.45) is -5.27. The number of methoxy groups -OCH3 is 1. The Morgan fingerprint density at radius 2 is 2.05 bits per heavy atom. The smallest absolute Gasteiger partial charge is 0.376 e. The van der Waals surface area contributed by atoms with E-state index in [0.29, 0.717) is 0 Å². The summed E-state index contributed by atoms with van der Waals surface area (Å²) in [6.45, 7) is 1.60. The number of rotatable bonds is 5. The number of halogens is 3. The van der Waals surface area contributed by atoms with Crippen LogP contribution in [0, 0.1) is 5.41 Å². The topological polar surface area (TPSA) is 50.1 Å². The molecule has 0 heterocycles. The van der Waals surface area contributed by atoms with E-state index in [1.54, 1.807) is 6.92 Å². The molecule has 0 fully saturated rings. The molecule has 3 nitrogen and oxygen atoms in total. The number of nitrogens with one attached hydrogen (secondary N) is 1. The second-order valence-corrected chi connectivity index (χ2v) is 4.08. The van der Waals surface area contributed by atoms with Crippen molar-refractivity contribution in [2.24, 2.45) is 0 Å². The molecule has 0 amide bonds. The summed E-state index contributed by atoms with van der Waals surface area (Å²) in [4.78, 5) is 11.8. The first-order valence-corrected chi connectivity index (χ1v) is 5.56. The van der Waals surface area contributed by atoms with Crippen LogP contribution in [0.2, 0.25) is 0 Å². The first-order chi connectivity index (χ1) is 8.75. The molecule has 1 rings (SSSR count). The lowest BCUT2D eigenvalue weighted by Gasteiger charge is -2.11. The predicted molar refractivity (Wildman–Crippen MR) is 64.6 cm³/mol. The van der Waals surface area contributed by atoms with Crippen molar-refractivity contribution in [1.29, 1.82) is 5.41 Å². The molecule has 1 unspecified atom stereocenters. The Morgan fingerprint density at radius 1 is 1.42 bits per heavy atom. The van der Waals surface area contributed by atoms with Crippen molar-refractivity contribution in [3.05, 3.63) is 35.4 Å². The van der Waals surface area contributed by atoms with E-state index >= 15 is 0 Å². The predicted octanol–water partition coefficient (Wildman–Crippen LogP) is 3.33. The summed E-state index contributed by atoms with van der Waals surface area (Å²) in [5.41, 5.74) is -0.891. The van der Waals surface area contributed by atoms with Crippen molar-refractivity contribution >= 4 is 11.5 Å². The van der Waals surface area contributed by atoms with Gasteiger partial charge in [-0.2, -0.15) is 13.2 Å². The Balaban J connectivity index is 2.87. The van der Waals surface area contributed by atoms with Crippen LogP contribution in [0.1, 0.15) is 29.3 Å². The van der Waals surface area contributed by atoms with E-state index in [1.165, 1.54) is 19.2 Å². The van der Waals surface area contributed by atoms with Gasteiger partial charge in [0.2, 0.25) is 0 Å². The zero-order valence-electron chi connectivity index (χ0n) is 10.5. The maximum atomic E-state index is 12.5. The van der Waals surface area contributed by atoms with E-state index in [1.807, 2.05) is 0 Å². The van der Waals surface area contributed by atoms with Crippen LogP contribution in [0.25, 0.3) is 0 Å². The van der Waals surface area contributed by atoms with Gasteiger partial charge in [0.15, 0.2) is 5.78 Å². The monoisotopic (exact) mass is 273 g/mol. The van der Waals surface area contributed by atoms with Crippen LogP contribution in [0.3, 0.4) is 0 Å². The van der Waals surface area contributed by atoms with Crippen LogP contribution in [0.4, 0.5) is 13.2 Å². The number of hydrogen-bond donors (Lipinski definition) is 1. The molecule has 1 aromatic carbocycles. The molecule has 104 valence electrons. The minimum absolute atomic E-state index is 0.0323. The molecule has 0 spiro atoms. The molecule has 1 aromatic rings. The third kappa shape index (κ3) is 4.17. The Bertz CT molecular complexity index is 483. The molecule has 0 aliphatic heterocycles. The van der Waals surface area contributed by atoms with Crippen molar-refractivity contribution in [2.45, 2.75) is 25.6 Å². The molecule has 0 aliphatic carbocycles. The van der Waals surface area contributed by atoms with Gasteiger partial charge >= 0.3 is 6.18 Å². The Kier molecular flexibility index (Phi) is 4.83. The lowest BCUT2D eigenvalue weighted by atomic mass is 10.0. The maximum absolute atomic E-state index is 12.5. The lowest BCUT2D eigenvalue weighted by molar-refractivity contribution is -0.137. The molecule has 0 aromatic heterocycles. The molecule has 0 saturated carbocycles. The second kappa shape index (κ2) is 5.97. The van der Waals surface area contributed by atoms with E-state index in [2.05, 4.69) is 0 Å². The van der Waals surface area contributed by atoms with Crippen LogP contribution in [-0.2, 0) is 10.9 Å². The van der Waals surface area contributed by atoms with Gasteiger partial charge in [-0.3, -0.25) is 4.79 Å². The standard InChI is InChI=1S/C13H14F3NO2/c1-8(19-2)11(17)7-12(18)9-4-3-5-10(6-9)13(14,15)16/h3-6,8,17H,7H2,1-2H3. The Hall–Kier alpha value is -1.69. The average Bonchev–Trinajstić information content (AvgIpc) is 2.36. The van der Waals surface area contributed by atoms with Crippen LogP contribution in [0.15, 0.2) is 24.3 Å². The highest BCUT2D eigenvalue weighted by atomic mass is 19.4. The van der Waals surface area contributed by atoms with E-state index in [0.717, 1.165) is 12.1 Å². The minimum Gasteiger partial charge on any atom is -0.376 e. The summed E-state index contributed by atoms with van der Waals surface area (Å²) in [5.74, 6) is -0.528. The van der Waals surface area contributed by atoms with E-state index in [9.17, 15) is 18.0 Å². The van der Waals surface area contributed by atoms with Crippen molar-refractivity contribution in [3.8, 4) is 0 Å². The van der Waals surface area contributed by atoms with Gasteiger partial charge in [-0.1, -0.05) is 12.1 Å². The molecule has 0 aliphatic rings. The molecule has 19 heavy (non-hydrogen) atoms. The van der Waals surface area contributed by atoms with Crippen LogP contribution < -0.4 is 0 Å². The number of carbonyl (C=O) groups excluding carboxylic acids is 1. The summed E-state index contributed by atoms with van der Waals surface area (Å²) in [5, 5.41) is 7.58. The van der Waals surface area contributed by atoms with Crippen LogP contribution in [0.5, 0.6) is 0 Å². The molecule has 0 radical (unpaired) electrons. The zero-order valence-corrected chi connectivity index (χ0v) is 10.5. The fourth-order valence-electron chi connectivity index (χ4n) is 1.43. The fraction of sp³-hybridized carbons (Fsp3) is 0.385. The third-order valence-electron chi connectivity index (χ3n) is 2.71. The Labute approximate surface area is 108 Å². The summed E-state index contributed by atoms with van der Waals surface area (Å²) < 4.78 is 42.4. The van der Waals surface area contributed by atoms with Crippen molar-refractivity contribution in [2.75, 3.05) is 7.11 Å². The van der Waals surface area contributed by atoms with Gasteiger partial charge < -0.3 is 10.1 Å². The number of ketones is 1. The normalized spacial score (nSPS) is 13.1. The highest BCUT2D eigenvalue weighted by molar-refractivity contribution is 6.10. The largest absolute Gasteiger partial charge is 0.416 e. The number of benzene rings is 1. The fourth-order valence-corrected chi connectivity index (χ4v) is 1.43. The zero-order chi connectivity index (χ0) is 14.6. The lowest BCUT2D eigenvalue weighted by Crippen LogP contribution is -2.21. The van der Waals surface area contributed by atoms with Crippen molar-refractivity contribution in [1.82, 2.24) is 0 Å². The number of hydrogen-bond acceptors (Lipinski definition) is 3. The van der Waals surface area contributed by atoms with E-state index < -0.39 is 23.6 Å². The second-order valence-electron chi connectivity index (χ2n) is 4.08. The Morgan fingerprint density at radius 3 is 2.58 bits per heavy atom. The van der Waals surface area contributed by atoms with Gasteiger partial charge in [0.05, 0.1) is 18.1 Å². The van der Waals surface area contributed by atoms with Crippen LogP contribution >= 0.6 is 0 Å². The first-order valence-electron chi connectivity index (χ1n) is 5.56. The highest BCUT2D eigenvalue weighted by Gasteiger charge is 2.31. The quantitative estimate of drug-likeness (QED) is 0.660. The first kappa shape index (κ1) is 15.4. The highest BCUT2D eigenvalue weighted by Crippen LogP contribution is 2.29. The molecular formula is C13H14F3NO2. The summed E-state index contributed by atoms with van der Waals surface area (Å²) in [7, 11) is 1.40. The summed E-state index contributed by atoms with van der Waals surface area (Å²) >= 11 is 0. The molecular weight excluding hydrogens is 259 g/mol. The van der Waals surface area contributed by atoms with Crippen molar-refractivity contribution < 1.29 is 22.7 Å². The van der Waals surface area contributed by atoms with Gasteiger partial charge in [-0.15, -0.1) is 0 Å². The average molecular weight is 273 g/mol. The van der Waals surface area contributed by atoms with Gasteiger partial charge in [0.1, 0.15) is 0 Å². The number of alkyl halides is 3. The summed E-state index contributed by atoms with van der Waals surface area (Å²) in [6, 6.07) is 4.19. The van der Waals surface area contributed by atoms with E-state index in [4.69, 9.17) is 10.1 Å². The molecule has 1 atom stereocenters. The molecule has 0 saturated heterocycles. The number of Topliss-reactive ketones (excluding diaryl/α,β-unsaturated/α-hetero) is 1. The number of carbonyl (C=O) groups is 1. The van der Waals surface area contributed by atoms with Gasteiger partial charge in [-0.05, 0) is 19.1 Å². The van der Waals surface area contributed by atoms with Gasteiger partial charge in [0, 0.05) is 18.4 Å². The SMILES string of the molecule is COC(C)C(=N)CC(=O)c1cccc(C(F)(F)F)c1. The van der Waals surface area contributed by atoms with Gasteiger partial charge in [0.25, 0.3) is 0 Å². The van der Waals surface area contributed by atoms with Crippen LogP contribution in [-0.4, -0.2) is 24.7 Å². The van der Waals surface area contributed by atoms with Crippen molar-refractivity contribution in [3.63, 3.8) is 0 Å². The van der Waals surface area contributed by atoms with Gasteiger partial charge in [-0.25, -0.2) is 0 Å². The molecule has 1 N–H and O–H groups in total. The molecule has 6 heteroatoms. The third-order valence-corrected chi connectivity index (χ3v) is 2.71. The molecule has 0 bridgehead atoms. The number of ether oxygens (including phenoxy) is 1. The maximum Gasteiger partial charge on any atom is 0.416 e.